The van der Waals surface area contributed by atoms with Crippen molar-refractivity contribution in [1.29, 1.82) is 0 Å². The average molecular weight is 236 g/mol. The third-order valence-electron chi connectivity index (χ3n) is 2.65. The Labute approximate surface area is 106 Å². The summed E-state index contributed by atoms with van der Waals surface area (Å²) in [4.78, 5) is 23.5. The second-order valence-electron chi connectivity index (χ2n) is 3.84. The van der Waals surface area contributed by atoms with Crippen LogP contribution < -0.4 is 0 Å². The number of ketones is 2. The standard InChI is InChI=1S/C16H12O2/c1-2-15(17)12-8-10-14(11-9-12)16(18)13-6-4-3-5-7-13/h2-11H,1H2. The molecule has 0 spiro atoms. The summed E-state index contributed by atoms with van der Waals surface area (Å²) in [5, 5.41) is 0. The zero-order valence-electron chi connectivity index (χ0n) is 9.80. The van der Waals surface area contributed by atoms with Gasteiger partial charge in [-0.25, -0.2) is 0 Å². The highest BCUT2D eigenvalue weighted by molar-refractivity contribution is 6.10. The van der Waals surface area contributed by atoms with Gasteiger partial charge in [0, 0.05) is 16.7 Å². The van der Waals surface area contributed by atoms with Crippen LogP contribution in [0.15, 0.2) is 67.3 Å². The molecule has 0 radical (unpaired) electrons. The molecule has 0 atom stereocenters. The molecule has 0 saturated heterocycles. The van der Waals surface area contributed by atoms with Gasteiger partial charge >= 0.3 is 0 Å². The second-order valence-corrected chi connectivity index (χ2v) is 3.84. The molecule has 0 amide bonds. The summed E-state index contributed by atoms with van der Waals surface area (Å²) >= 11 is 0. The first-order valence-electron chi connectivity index (χ1n) is 5.59. The summed E-state index contributed by atoms with van der Waals surface area (Å²) < 4.78 is 0. The lowest BCUT2D eigenvalue weighted by Gasteiger charge is -2.02. The predicted octanol–water partition coefficient (Wildman–Crippen LogP) is 3.29. The number of hydrogen-bond acceptors (Lipinski definition) is 2. The highest BCUT2D eigenvalue weighted by atomic mass is 16.1. The van der Waals surface area contributed by atoms with Gasteiger partial charge in [-0.2, -0.15) is 0 Å². The number of carbonyl (C=O) groups excluding carboxylic acids is 2. The van der Waals surface area contributed by atoms with E-state index in [9.17, 15) is 9.59 Å². The fourth-order valence-corrected chi connectivity index (χ4v) is 1.66. The third kappa shape index (κ3) is 2.43. The minimum Gasteiger partial charge on any atom is -0.289 e. The zero-order chi connectivity index (χ0) is 13.0. The van der Waals surface area contributed by atoms with E-state index in [0.29, 0.717) is 16.7 Å². The highest BCUT2D eigenvalue weighted by Crippen LogP contribution is 2.11. The van der Waals surface area contributed by atoms with Crippen molar-refractivity contribution in [3.05, 3.63) is 83.9 Å². The van der Waals surface area contributed by atoms with Gasteiger partial charge in [0.05, 0.1) is 0 Å². The van der Waals surface area contributed by atoms with Crippen LogP contribution in [0.2, 0.25) is 0 Å². The molecule has 0 unspecified atom stereocenters. The van der Waals surface area contributed by atoms with Crippen LogP contribution in [0.4, 0.5) is 0 Å². The molecule has 0 saturated carbocycles. The Morgan fingerprint density at radius 2 is 1.28 bits per heavy atom. The van der Waals surface area contributed by atoms with Gasteiger partial charge in [-0.15, -0.1) is 0 Å². The Kier molecular flexibility index (Phi) is 3.49. The maximum absolute atomic E-state index is 12.1. The molecule has 0 aromatic heterocycles. The normalized spacial score (nSPS) is 9.78. The summed E-state index contributed by atoms with van der Waals surface area (Å²) in [6, 6.07) is 15.6. The van der Waals surface area contributed by atoms with Gasteiger partial charge in [0.2, 0.25) is 0 Å². The minimum atomic E-state index is -0.145. The van der Waals surface area contributed by atoms with Gasteiger partial charge in [0.15, 0.2) is 11.6 Å². The highest BCUT2D eigenvalue weighted by Gasteiger charge is 2.09. The number of allylic oxidation sites excluding steroid dienone is 1. The van der Waals surface area contributed by atoms with E-state index in [1.807, 2.05) is 18.2 Å². The maximum atomic E-state index is 12.1. The smallest absolute Gasteiger partial charge is 0.193 e. The van der Waals surface area contributed by atoms with Crippen molar-refractivity contribution in [3.8, 4) is 0 Å². The number of hydrogen-bond donors (Lipinski definition) is 0. The van der Waals surface area contributed by atoms with E-state index in [-0.39, 0.29) is 11.6 Å². The number of rotatable bonds is 4. The van der Waals surface area contributed by atoms with Crippen LogP contribution in [0.3, 0.4) is 0 Å². The van der Waals surface area contributed by atoms with E-state index in [4.69, 9.17) is 0 Å². The van der Waals surface area contributed by atoms with Crippen LogP contribution in [0.25, 0.3) is 0 Å². The average Bonchev–Trinajstić information content (AvgIpc) is 2.47. The molecule has 0 aliphatic carbocycles. The summed E-state index contributed by atoms with van der Waals surface area (Å²) in [6.07, 6.45) is 1.26. The van der Waals surface area contributed by atoms with Gasteiger partial charge in [0.25, 0.3) is 0 Å². The van der Waals surface area contributed by atoms with E-state index >= 15 is 0 Å². The van der Waals surface area contributed by atoms with E-state index < -0.39 is 0 Å². The van der Waals surface area contributed by atoms with Crippen LogP contribution >= 0.6 is 0 Å². The second kappa shape index (κ2) is 5.23. The molecule has 2 heteroatoms. The predicted molar refractivity (Wildman–Crippen MR) is 70.8 cm³/mol. The molecule has 0 N–H and O–H groups in total. The Morgan fingerprint density at radius 3 is 1.83 bits per heavy atom. The number of benzene rings is 2. The van der Waals surface area contributed by atoms with Crippen molar-refractivity contribution in [2.75, 3.05) is 0 Å². The van der Waals surface area contributed by atoms with Gasteiger partial charge in [-0.3, -0.25) is 9.59 Å². The molecule has 0 fully saturated rings. The van der Waals surface area contributed by atoms with E-state index in [1.165, 1.54) is 6.08 Å². The molecule has 0 aliphatic heterocycles. The Bertz CT molecular complexity index is 580. The first kappa shape index (κ1) is 12.0. The maximum Gasteiger partial charge on any atom is 0.193 e. The molecule has 88 valence electrons. The lowest BCUT2D eigenvalue weighted by molar-refractivity contribution is 0.103. The lowest BCUT2D eigenvalue weighted by Crippen LogP contribution is -2.02. The van der Waals surface area contributed by atoms with Crippen molar-refractivity contribution < 1.29 is 9.59 Å². The molecule has 0 bridgehead atoms. The molecule has 0 heterocycles. The van der Waals surface area contributed by atoms with Crippen molar-refractivity contribution in [3.63, 3.8) is 0 Å². The molecule has 18 heavy (non-hydrogen) atoms. The molecular formula is C16H12O2. The summed E-state index contributed by atoms with van der Waals surface area (Å²) in [5.41, 5.74) is 1.75. The van der Waals surface area contributed by atoms with Crippen molar-refractivity contribution in [2.45, 2.75) is 0 Å². The van der Waals surface area contributed by atoms with Gasteiger partial charge in [-0.1, -0.05) is 61.2 Å². The van der Waals surface area contributed by atoms with Crippen LogP contribution in [-0.4, -0.2) is 11.6 Å². The van der Waals surface area contributed by atoms with Crippen LogP contribution in [0.5, 0.6) is 0 Å². The summed E-state index contributed by atoms with van der Waals surface area (Å²) in [7, 11) is 0. The molecule has 2 aromatic carbocycles. The lowest BCUT2D eigenvalue weighted by atomic mass is 10.0. The zero-order valence-corrected chi connectivity index (χ0v) is 9.80. The molecular weight excluding hydrogens is 224 g/mol. The third-order valence-corrected chi connectivity index (χ3v) is 2.65. The first-order chi connectivity index (χ1) is 8.72. The Hall–Kier alpha value is -2.48. The van der Waals surface area contributed by atoms with Crippen LogP contribution in [0, 0.1) is 0 Å². The van der Waals surface area contributed by atoms with Crippen molar-refractivity contribution in [2.24, 2.45) is 0 Å². The Morgan fingerprint density at radius 1 is 0.778 bits per heavy atom. The van der Waals surface area contributed by atoms with Gasteiger partial charge in [-0.05, 0) is 6.08 Å². The van der Waals surface area contributed by atoms with Crippen molar-refractivity contribution in [1.82, 2.24) is 0 Å². The largest absolute Gasteiger partial charge is 0.289 e. The monoisotopic (exact) mass is 236 g/mol. The quantitative estimate of drug-likeness (QED) is 0.603. The van der Waals surface area contributed by atoms with E-state index in [1.54, 1.807) is 36.4 Å². The first-order valence-corrected chi connectivity index (χ1v) is 5.59. The van der Waals surface area contributed by atoms with Crippen LogP contribution in [-0.2, 0) is 0 Å². The van der Waals surface area contributed by atoms with Gasteiger partial charge in [0.1, 0.15) is 0 Å². The molecule has 2 nitrogen and oxygen atoms in total. The van der Waals surface area contributed by atoms with Crippen LogP contribution in [0.1, 0.15) is 26.3 Å². The van der Waals surface area contributed by atoms with E-state index in [0.717, 1.165) is 0 Å². The molecule has 0 aliphatic rings. The summed E-state index contributed by atoms with van der Waals surface area (Å²) in [6.45, 7) is 3.43. The molecule has 2 aromatic rings. The van der Waals surface area contributed by atoms with Crippen molar-refractivity contribution >= 4 is 11.6 Å². The summed E-state index contributed by atoms with van der Waals surface area (Å²) in [5.74, 6) is -0.193. The number of carbonyl (C=O) groups is 2. The molecule has 2 rings (SSSR count). The minimum absolute atomic E-state index is 0.0480. The van der Waals surface area contributed by atoms with Gasteiger partial charge < -0.3 is 0 Å². The fourth-order valence-electron chi connectivity index (χ4n) is 1.66. The topological polar surface area (TPSA) is 34.1 Å². The SMILES string of the molecule is C=CC(=O)c1ccc(C(=O)c2ccccc2)cc1. The van der Waals surface area contributed by atoms with E-state index in [2.05, 4.69) is 6.58 Å². The Balaban J connectivity index is 2.28. The fraction of sp³-hybridized carbons (Fsp3) is 0.